The Morgan fingerprint density at radius 2 is 1.90 bits per heavy atom. The Hall–Kier alpha value is -1.88. The maximum absolute atomic E-state index is 12.6. The SMILES string of the molecule is COC(C)(C)C(=O)N1Cc2ccccc2C[C@H]1C(N)=O. The number of fused-ring (bicyclic) bond motifs is 1. The van der Waals surface area contributed by atoms with Gasteiger partial charge in [0.05, 0.1) is 0 Å². The van der Waals surface area contributed by atoms with Crippen molar-refractivity contribution in [3.63, 3.8) is 0 Å². The van der Waals surface area contributed by atoms with Crippen LogP contribution in [0.1, 0.15) is 25.0 Å². The second-order valence-electron chi connectivity index (χ2n) is 5.54. The predicted molar refractivity (Wildman–Crippen MR) is 74.8 cm³/mol. The number of amides is 2. The van der Waals surface area contributed by atoms with E-state index in [-0.39, 0.29) is 5.91 Å². The minimum Gasteiger partial charge on any atom is -0.369 e. The van der Waals surface area contributed by atoms with Crippen molar-refractivity contribution in [3.8, 4) is 0 Å². The second-order valence-corrected chi connectivity index (χ2v) is 5.54. The van der Waals surface area contributed by atoms with Gasteiger partial charge in [-0.15, -0.1) is 0 Å². The van der Waals surface area contributed by atoms with Gasteiger partial charge >= 0.3 is 0 Å². The lowest BCUT2D eigenvalue weighted by atomic mass is 9.92. The summed E-state index contributed by atoms with van der Waals surface area (Å²) in [4.78, 5) is 25.8. The Morgan fingerprint density at radius 3 is 2.45 bits per heavy atom. The molecule has 0 bridgehead atoms. The van der Waals surface area contributed by atoms with Crippen molar-refractivity contribution in [1.82, 2.24) is 4.90 Å². The smallest absolute Gasteiger partial charge is 0.255 e. The molecule has 2 N–H and O–H groups in total. The zero-order chi connectivity index (χ0) is 14.9. The molecule has 108 valence electrons. The third-order valence-electron chi connectivity index (χ3n) is 3.86. The lowest BCUT2D eigenvalue weighted by Crippen LogP contribution is -2.56. The van der Waals surface area contributed by atoms with E-state index in [2.05, 4.69) is 0 Å². The van der Waals surface area contributed by atoms with Crippen LogP contribution in [0.15, 0.2) is 24.3 Å². The highest BCUT2D eigenvalue weighted by atomic mass is 16.5. The highest BCUT2D eigenvalue weighted by Crippen LogP contribution is 2.26. The van der Waals surface area contributed by atoms with Gasteiger partial charge < -0.3 is 15.4 Å². The lowest BCUT2D eigenvalue weighted by molar-refractivity contribution is -0.157. The fraction of sp³-hybridized carbons (Fsp3) is 0.467. The van der Waals surface area contributed by atoms with E-state index in [0.717, 1.165) is 11.1 Å². The van der Waals surface area contributed by atoms with Crippen LogP contribution in [0.3, 0.4) is 0 Å². The molecule has 0 radical (unpaired) electrons. The van der Waals surface area contributed by atoms with E-state index < -0.39 is 17.6 Å². The molecule has 1 aliphatic heterocycles. The highest BCUT2D eigenvalue weighted by Gasteiger charge is 2.40. The van der Waals surface area contributed by atoms with Crippen LogP contribution in [0.2, 0.25) is 0 Å². The largest absolute Gasteiger partial charge is 0.369 e. The monoisotopic (exact) mass is 276 g/mol. The minimum atomic E-state index is -0.972. The Morgan fingerprint density at radius 1 is 1.30 bits per heavy atom. The van der Waals surface area contributed by atoms with Crippen LogP contribution in [-0.2, 0) is 27.3 Å². The summed E-state index contributed by atoms with van der Waals surface area (Å²) in [6, 6.07) is 7.16. The van der Waals surface area contributed by atoms with Gasteiger partial charge in [-0.1, -0.05) is 24.3 Å². The van der Waals surface area contributed by atoms with Crippen molar-refractivity contribution in [2.45, 2.75) is 38.5 Å². The van der Waals surface area contributed by atoms with E-state index in [1.54, 1.807) is 13.8 Å². The van der Waals surface area contributed by atoms with Crippen molar-refractivity contribution in [1.29, 1.82) is 0 Å². The van der Waals surface area contributed by atoms with Crippen LogP contribution in [0, 0.1) is 0 Å². The molecule has 2 amide bonds. The molecule has 0 spiro atoms. The average molecular weight is 276 g/mol. The van der Waals surface area contributed by atoms with Crippen molar-refractivity contribution in [2.75, 3.05) is 7.11 Å². The summed E-state index contributed by atoms with van der Waals surface area (Å²) in [5.74, 6) is -0.710. The molecule has 1 heterocycles. The molecule has 20 heavy (non-hydrogen) atoms. The molecular formula is C15H20N2O3. The van der Waals surface area contributed by atoms with E-state index in [1.165, 1.54) is 12.0 Å². The summed E-state index contributed by atoms with van der Waals surface area (Å²) in [7, 11) is 1.48. The van der Waals surface area contributed by atoms with E-state index in [9.17, 15) is 9.59 Å². The van der Waals surface area contributed by atoms with Crippen LogP contribution in [0.4, 0.5) is 0 Å². The molecule has 1 atom stereocenters. The normalized spacial score (nSPS) is 18.6. The van der Waals surface area contributed by atoms with Crippen LogP contribution in [-0.4, -0.2) is 35.5 Å². The van der Waals surface area contributed by atoms with E-state index in [0.29, 0.717) is 13.0 Å². The minimum absolute atomic E-state index is 0.224. The van der Waals surface area contributed by atoms with Crippen molar-refractivity contribution in [3.05, 3.63) is 35.4 Å². The Labute approximate surface area is 118 Å². The van der Waals surface area contributed by atoms with Crippen molar-refractivity contribution in [2.24, 2.45) is 5.73 Å². The standard InChI is InChI=1S/C15H20N2O3/c1-15(2,20-3)14(19)17-9-11-7-5-4-6-10(11)8-12(17)13(16)18/h4-7,12H,8-9H2,1-3H3,(H2,16,18)/t12-/m0/s1. The van der Waals surface area contributed by atoms with Gasteiger partial charge in [-0.25, -0.2) is 0 Å². The second kappa shape index (κ2) is 5.25. The number of hydrogen-bond donors (Lipinski definition) is 1. The number of rotatable bonds is 3. The Bertz CT molecular complexity index is 540. The first-order valence-corrected chi connectivity index (χ1v) is 6.59. The third kappa shape index (κ3) is 2.54. The number of nitrogens with zero attached hydrogens (tertiary/aromatic N) is 1. The number of methoxy groups -OCH3 is 1. The number of nitrogens with two attached hydrogens (primary N) is 1. The van der Waals surface area contributed by atoms with Gasteiger partial charge in [-0.05, 0) is 25.0 Å². The molecular weight excluding hydrogens is 256 g/mol. The summed E-state index contributed by atoms with van der Waals surface area (Å²) < 4.78 is 5.23. The Kier molecular flexibility index (Phi) is 3.81. The average Bonchev–Trinajstić information content (AvgIpc) is 2.44. The summed E-state index contributed by atoms with van der Waals surface area (Å²) >= 11 is 0. The Balaban J connectivity index is 2.36. The van der Waals surface area contributed by atoms with Gasteiger partial charge in [0, 0.05) is 20.1 Å². The van der Waals surface area contributed by atoms with Gasteiger partial charge in [0.15, 0.2) is 0 Å². The number of benzene rings is 1. The zero-order valence-electron chi connectivity index (χ0n) is 12.1. The molecule has 5 heteroatoms. The first-order valence-electron chi connectivity index (χ1n) is 6.59. The molecule has 0 aromatic heterocycles. The molecule has 1 aromatic rings. The first-order chi connectivity index (χ1) is 9.36. The molecule has 0 unspecified atom stereocenters. The van der Waals surface area contributed by atoms with Crippen LogP contribution in [0.25, 0.3) is 0 Å². The van der Waals surface area contributed by atoms with E-state index >= 15 is 0 Å². The number of carbonyl (C=O) groups excluding carboxylic acids is 2. The molecule has 0 saturated carbocycles. The maximum Gasteiger partial charge on any atom is 0.255 e. The molecule has 1 aromatic carbocycles. The zero-order valence-corrected chi connectivity index (χ0v) is 12.1. The first kappa shape index (κ1) is 14.5. The maximum atomic E-state index is 12.6. The van der Waals surface area contributed by atoms with Crippen molar-refractivity contribution >= 4 is 11.8 Å². The number of primary amides is 1. The number of ether oxygens (including phenoxy) is 1. The number of carbonyl (C=O) groups is 2. The van der Waals surface area contributed by atoms with Gasteiger partial charge in [0.25, 0.3) is 5.91 Å². The quantitative estimate of drug-likeness (QED) is 0.889. The van der Waals surface area contributed by atoms with Gasteiger partial charge in [0.2, 0.25) is 5.91 Å². The van der Waals surface area contributed by atoms with E-state index in [4.69, 9.17) is 10.5 Å². The fourth-order valence-electron chi connectivity index (χ4n) is 2.42. The lowest BCUT2D eigenvalue weighted by Gasteiger charge is -2.39. The summed E-state index contributed by atoms with van der Waals surface area (Å²) in [6.45, 7) is 3.76. The molecule has 0 saturated heterocycles. The summed E-state index contributed by atoms with van der Waals surface area (Å²) in [5.41, 5.74) is 6.60. The van der Waals surface area contributed by atoms with Gasteiger partial charge in [0.1, 0.15) is 11.6 Å². The fourth-order valence-corrected chi connectivity index (χ4v) is 2.42. The summed E-state index contributed by atoms with van der Waals surface area (Å²) in [5, 5.41) is 0. The third-order valence-corrected chi connectivity index (χ3v) is 3.86. The molecule has 2 rings (SSSR count). The molecule has 0 fully saturated rings. The predicted octanol–water partition coefficient (Wildman–Crippen LogP) is 0.850. The van der Waals surface area contributed by atoms with Crippen LogP contribution < -0.4 is 5.73 Å². The van der Waals surface area contributed by atoms with Gasteiger partial charge in [-0.2, -0.15) is 0 Å². The summed E-state index contributed by atoms with van der Waals surface area (Å²) in [6.07, 6.45) is 0.455. The van der Waals surface area contributed by atoms with Crippen molar-refractivity contribution < 1.29 is 14.3 Å². The number of hydrogen-bond acceptors (Lipinski definition) is 3. The molecule has 0 aliphatic carbocycles. The molecule has 1 aliphatic rings. The van der Waals surface area contributed by atoms with Crippen LogP contribution in [0.5, 0.6) is 0 Å². The highest BCUT2D eigenvalue weighted by molar-refractivity contribution is 5.91. The van der Waals surface area contributed by atoms with E-state index in [1.807, 2.05) is 24.3 Å². The van der Waals surface area contributed by atoms with Gasteiger partial charge in [-0.3, -0.25) is 9.59 Å². The molecule has 5 nitrogen and oxygen atoms in total. The topological polar surface area (TPSA) is 72.6 Å². The van der Waals surface area contributed by atoms with Crippen LogP contribution >= 0.6 is 0 Å².